The molecule has 0 aliphatic carbocycles. The number of anilines is 2. The highest BCUT2D eigenvalue weighted by molar-refractivity contribution is 6.33. The first-order chi connectivity index (χ1) is 9.47. The van der Waals surface area contributed by atoms with Gasteiger partial charge in [0.15, 0.2) is 0 Å². The predicted octanol–water partition coefficient (Wildman–Crippen LogP) is 2.54. The molecular weight excluding hydrogens is 274 g/mol. The Labute approximate surface area is 124 Å². The summed E-state index contributed by atoms with van der Waals surface area (Å²) >= 11 is 5.93. The molecule has 2 rings (SSSR count). The summed E-state index contributed by atoms with van der Waals surface area (Å²) in [4.78, 5) is 16.0. The molecule has 1 fully saturated rings. The van der Waals surface area contributed by atoms with Gasteiger partial charge >= 0.3 is 0 Å². The summed E-state index contributed by atoms with van der Waals surface area (Å²) in [5, 5.41) is 0.575. The molecule has 1 aliphatic rings. The van der Waals surface area contributed by atoms with Crippen molar-refractivity contribution in [2.75, 3.05) is 36.8 Å². The van der Waals surface area contributed by atoms with E-state index < -0.39 is 0 Å². The van der Waals surface area contributed by atoms with Crippen LogP contribution in [0.25, 0.3) is 0 Å². The van der Waals surface area contributed by atoms with E-state index in [0.29, 0.717) is 10.7 Å². The van der Waals surface area contributed by atoms with E-state index in [9.17, 15) is 4.79 Å². The summed E-state index contributed by atoms with van der Waals surface area (Å²) in [6.07, 6.45) is 1.69. The van der Waals surface area contributed by atoms with Crippen molar-refractivity contribution in [2.45, 2.75) is 13.8 Å². The van der Waals surface area contributed by atoms with Crippen molar-refractivity contribution in [1.29, 1.82) is 0 Å². The van der Waals surface area contributed by atoms with Gasteiger partial charge in [0, 0.05) is 37.9 Å². The van der Waals surface area contributed by atoms with Crippen LogP contribution in [0.3, 0.4) is 0 Å². The number of carbonyl (C=O) groups is 1. The quantitative estimate of drug-likeness (QED) is 0.673. The monoisotopic (exact) mass is 293 g/mol. The molecule has 5 heteroatoms. The van der Waals surface area contributed by atoms with Crippen LogP contribution in [-0.2, 0) is 4.79 Å². The van der Waals surface area contributed by atoms with Gasteiger partial charge in [-0.25, -0.2) is 0 Å². The van der Waals surface area contributed by atoms with Crippen molar-refractivity contribution >= 4 is 28.9 Å². The Morgan fingerprint density at radius 1 is 1.25 bits per heavy atom. The third-order valence-electron chi connectivity index (χ3n) is 3.35. The van der Waals surface area contributed by atoms with Crippen LogP contribution in [0.1, 0.15) is 13.8 Å². The molecule has 0 saturated carbocycles. The lowest BCUT2D eigenvalue weighted by Gasteiger charge is -2.35. The lowest BCUT2D eigenvalue weighted by atomic mass is 10.2. The van der Waals surface area contributed by atoms with E-state index in [2.05, 4.69) is 4.90 Å². The number of piperazine rings is 1. The van der Waals surface area contributed by atoms with Crippen LogP contribution < -0.4 is 10.6 Å². The van der Waals surface area contributed by atoms with E-state index in [4.69, 9.17) is 17.3 Å². The van der Waals surface area contributed by atoms with Gasteiger partial charge in [0.1, 0.15) is 0 Å². The lowest BCUT2D eigenvalue weighted by Crippen LogP contribution is -2.48. The van der Waals surface area contributed by atoms with Crippen molar-refractivity contribution in [1.82, 2.24) is 4.90 Å². The fourth-order valence-corrected chi connectivity index (χ4v) is 2.37. The zero-order valence-electron chi connectivity index (χ0n) is 11.9. The molecule has 1 aromatic rings. The zero-order valence-corrected chi connectivity index (χ0v) is 12.7. The number of allylic oxidation sites excluding steroid dienone is 1. The summed E-state index contributed by atoms with van der Waals surface area (Å²) < 4.78 is 0. The molecule has 0 atom stereocenters. The fraction of sp³-hybridized carbons (Fsp3) is 0.400. The first-order valence-electron chi connectivity index (χ1n) is 6.71. The number of halogens is 1. The van der Waals surface area contributed by atoms with Crippen molar-refractivity contribution in [3.05, 3.63) is 34.9 Å². The summed E-state index contributed by atoms with van der Waals surface area (Å²) in [7, 11) is 0. The number of rotatable bonds is 2. The lowest BCUT2D eigenvalue weighted by molar-refractivity contribution is -0.126. The molecule has 0 spiro atoms. The summed E-state index contributed by atoms with van der Waals surface area (Å²) in [5.74, 6) is 0.0975. The van der Waals surface area contributed by atoms with Crippen LogP contribution in [0, 0.1) is 0 Å². The summed E-state index contributed by atoms with van der Waals surface area (Å²) in [5.41, 5.74) is 8.50. The van der Waals surface area contributed by atoms with Crippen molar-refractivity contribution in [3.8, 4) is 0 Å². The minimum atomic E-state index is 0.0975. The molecule has 2 N–H and O–H groups in total. The molecule has 1 heterocycles. The highest BCUT2D eigenvalue weighted by Crippen LogP contribution is 2.25. The Hall–Kier alpha value is -1.68. The standard InChI is InChI=1S/C15H20ClN3O/c1-11(2)9-15(20)19-7-5-18(6-8-19)12-3-4-13(16)14(17)10-12/h3-4,9-10H,5-8,17H2,1-2H3. The van der Waals surface area contributed by atoms with Crippen molar-refractivity contribution in [2.24, 2.45) is 0 Å². The number of hydrogen-bond donors (Lipinski definition) is 1. The average Bonchev–Trinajstić information content (AvgIpc) is 2.41. The first-order valence-corrected chi connectivity index (χ1v) is 7.09. The number of amides is 1. The summed E-state index contributed by atoms with van der Waals surface area (Å²) in [6.45, 7) is 6.94. The zero-order chi connectivity index (χ0) is 14.7. The SMILES string of the molecule is CC(C)=CC(=O)N1CCN(c2ccc(Cl)c(N)c2)CC1. The molecule has 0 bridgehead atoms. The van der Waals surface area contributed by atoms with Gasteiger partial charge in [-0.2, -0.15) is 0 Å². The Balaban J connectivity index is 1.99. The number of hydrogen-bond acceptors (Lipinski definition) is 3. The third-order valence-corrected chi connectivity index (χ3v) is 3.69. The number of nitrogen functional groups attached to an aromatic ring is 1. The molecule has 4 nitrogen and oxygen atoms in total. The van der Waals surface area contributed by atoms with Crippen LogP contribution >= 0.6 is 11.6 Å². The Kier molecular flexibility index (Phi) is 4.55. The highest BCUT2D eigenvalue weighted by atomic mass is 35.5. The van der Waals surface area contributed by atoms with Crippen LogP contribution in [0.4, 0.5) is 11.4 Å². The van der Waals surface area contributed by atoms with Crippen LogP contribution in [-0.4, -0.2) is 37.0 Å². The number of benzene rings is 1. The molecule has 1 aliphatic heterocycles. The van der Waals surface area contributed by atoms with Crippen molar-refractivity contribution < 1.29 is 4.79 Å². The Bertz CT molecular complexity index is 530. The first kappa shape index (κ1) is 14.7. The van der Waals surface area contributed by atoms with Gasteiger partial charge in [0.2, 0.25) is 5.91 Å². The minimum absolute atomic E-state index is 0.0975. The smallest absolute Gasteiger partial charge is 0.246 e. The third kappa shape index (κ3) is 3.45. The molecule has 108 valence electrons. The number of carbonyl (C=O) groups excluding carboxylic acids is 1. The van der Waals surface area contributed by atoms with E-state index in [1.165, 1.54) is 0 Å². The normalized spacial score (nSPS) is 15.2. The molecular formula is C15H20ClN3O. The molecule has 0 aromatic heterocycles. The van der Waals surface area contributed by atoms with Crippen LogP contribution in [0.5, 0.6) is 0 Å². The van der Waals surface area contributed by atoms with E-state index in [1.807, 2.05) is 36.9 Å². The van der Waals surface area contributed by atoms with Gasteiger partial charge in [-0.05, 0) is 32.0 Å². The van der Waals surface area contributed by atoms with Crippen LogP contribution in [0.2, 0.25) is 5.02 Å². The summed E-state index contributed by atoms with van der Waals surface area (Å²) in [6, 6.07) is 5.66. The second-order valence-electron chi connectivity index (χ2n) is 5.24. The Morgan fingerprint density at radius 3 is 2.45 bits per heavy atom. The molecule has 1 saturated heterocycles. The van der Waals surface area contributed by atoms with Gasteiger partial charge in [-0.15, -0.1) is 0 Å². The second-order valence-corrected chi connectivity index (χ2v) is 5.65. The minimum Gasteiger partial charge on any atom is -0.397 e. The van der Waals surface area contributed by atoms with E-state index in [-0.39, 0.29) is 5.91 Å². The maximum Gasteiger partial charge on any atom is 0.246 e. The van der Waals surface area contributed by atoms with Gasteiger partial charge in [0.05, 0.1) is 10.7 Å². The van der Waals surface area contributed by atoms with E-state index in [1.54, 1.807) is 6.08 Å². The fourth-order valence-electron chi connectivity index (χ4n) is 2.25. The molecule has 0 radical (unpaired) electrons. The van der Waals surface area contributed by atoms with E-state index in [0.717, 1.165) is 37.4 Å². The Morgan fingerprint density at radius 2 is 1.90 bits per heavy atom. The molecule has 1 amide bonds. The molecule has 1 aromatic carbocycles. The average molecular weight is 294 g/mol. The van der Waals surface area contributed by atoms with Gasteiger partial charge in [-0.3, -0.25) is 4.79 Å². The number of nitrogens with two attached hydrogens (primary N) is 1. The number of nitrogens with zero attached hydrogens (tertiary/aromatic N) is 2. The van der Waals surface area contributed by atoms with Gasteiger partial charge in [0.25, 0.3) is 0 Å². The van der Waals surface area contributed by atoms with Crippen LogP contribution in [0.15, 0.2) is 29.8 Å². The van der Waals surface area contributed by atoms with E-state index >= 15 is 0 Å². The van der Waals surface area contributed by atoms with Gasteiger partial charge in [-0.1, -0.05) is 17.2 Å². The van der Waals surface area contributed by atoms with Gasteiger partial charge < -0.3 is 15.5 Å². The highest BCUT2D eigenvalue weighted by Gasteiger charge is 2.20. The predicted molar refractivity (Wildman–Crippen MR) is 84.1 cm³/mol. The maximum absolute atomic E-state index is 11.9. The largest absolute Gasteiger partial charge is 0.397 e. The molecule has 0 unspecified atom stereocenters. The van der Waals surface area contributed by atoms with Crippen molar-refractivity contribution in [3.63, 3.8) is 0 Å². The topological polar surface area (TPSA) is 49.6 Å². The second kappa shape index (κ2) is 6.18. The maximum atomic E-state index is 11.9. The molecule has 20 heavy (non-hydrogen) atoms.